The van der Waals surface area contributed by atoms with Crippen LogP contribution in [0.2, 0.25) is 0 Å². The van der Waals surface area contributed by atoms with Crippen molar-refractivity contribution in [2.75, 3.05) is 13.2 Å². The van der Waals surface area contributed by atoms with Gasteiger partial charge in [-0.1, -0.05) is 73.1 Å². The summed E-state index contributed by atoms with van der Waals surface area (Å²) in [5.74, 6) is -0.675. The summed E-state index contributed by atoms with van der Waals surface area (Å²) >= 11 is 0. The molecule has 0 amide bonds. The van der Waals surface area contributed by atoms with E-state index < -0.39 is 5.97 Å². The summed E-state index contributed by atoms with van der Waals surface area (Å²) in [5.41, 5.74) is 0.392. The molecule has 24 heavy (non-hydrogen) atoms. The van der Waals surface area contributed by atoms with Crippen LogP contribution in [0.15, 0.2) is 0 Å². The molecule has 0 saturated carbocycles. The molecule has 0 aromatic heterocycles. The van der Waals surface area contributed by atoms with Crippen LogP contribution in [-0.4, -0.2) is 24.3 Å². The molecule has 0 rings (SSSR count). The number of hydrogen-bond acceptors (Lipinski definition) is 3. The number of carboxylic acids is 1. The Bertz CT molecular complexity index is 249. The molecule has 0 aromatic carbocycles. The molecule has 1 N–H and O–H groups in total. The third kappa shape index (κ3) is 29.4. The smallest absolute Gasteiger partial charge is 0.303 e. The largest absolute Gasteiger partial charge is 0.481 e. The van der Waals surface area contributed by atoms with E-state index in [0.717, 1.165) is 45.3 Å². The van der Waals surface area contributed by atoms with Crippen molar-refractivity contribution in [3.63, 3.8) is 0 Å². The summed E-state index contributed by atoms with van der Waals surface area (Å²) in [5, 5.41) is 8.37. The van der Waals surface area contributed by atoms with Crippen LogP contribution in [0.5, 0.6) is 0 Å². The van der Waals surface area contributed by atoms with Crippen molar-refractivity contribution in [3.05, 3.63) is 0 Å². The topological polar surface area (TPSA) is 55.8 Å². The van der Waals surface area contributed by atoms with Crippen LogP contribution < -0.4 is 0 Å². The van der Waals surface area contributed by atoms with Gasteiger partial charge in [-0.15, -0.1) is 0 Å². The molecule has 0 bridgehead atoms. The van der Waals surface area contributed by atoms with Crippen molar-refractivity contribution in [2.24, 2.45) is 5.41 Å². The Hall–Kier alpha value is -0.610. The average molecular weight is 347 g/mol. The minimum atomic E-state index is -0.675. The molecule has 0 aliphatic rings. The number of rotatable bonds is 14. The van der Waals surface area contributed by atoms with E-state index in [1.165, 1.54) is 32.1 Å². The Balaban J connectivity index is 0. The van der Waals surface area contributed by atoms with Crippen molar-refractivity contribution >= 4 is 5.97 Å². The maximum Gasteiger partial charge on any atom is 0.303 e. The van der Waals surface area contributed by atoms with E-state index in [-0.39, 0.29) is 0 Å². The summed E-state index contributed by atoms with van der Waals surface area (Å²) in [4.78, 5) is 20.1. The van der Waals surface area contributed by atoms with Gasteiger partial charge in [-0.25, -0.2) is 9.78 Å². The predicted molar refractivity (Wildman–Crippen MR) is 101 cm³/mol. The molecule has 0 heterocycles. The second-order valence-corrected chi connectivity index (χ2v) is 7.57. The second kappa shape index (κ2) is 18.7. The number of hydrogen-bond donors (Lipinski definition) is 1. The van der Waals surface area contributed by atoms with Crippen molar-refractivity contribution in [2.45, 2.75) is 105 Å². The number of carboxylic acid groups (broad SMARTS) is 1. The van der Waals surface area contributed by atoms with Gasteiger partial charge in [0.15, 0.2) is 0 Å². The first-order chi connectivity index (χ1) is 11.3. The quantitative estimate of drug-likeness (QED) is 0.225. The van der Waals surface area contributed by atoms with Crippen molar-refractivity contribution in [1.29, 1.82) is 0 Å². The van der Waals surface area contributed by atoms with Gasteiger partial charge in [0.1, 0.15) is 0 Å². The molecule has 0 radical (unpaired) electrons. The monoisotopic (exact) mass is 346 g/mol. The van der Waals surface area contributed by atoms with Gasteiger partial charge >= 0.3 is 5.97 Å². The molecule has 0 aliphatic carbocycles. The van der Waals surface area contributed by atoms with E-state index >= 15 is 0 Å². The van der Waals surface area contributed by atoms with Gasteiger partial charge < -0.3 is 5.11 Å². The average Bonchev–Trinajstić information content (AvgIpc) is 2.49. The Morgan fingerprint density at radius 2 is 1.29 bits per heavy atom. The van der Waals surface area contributed by atoms with Crippen LogP contribution in [0, 0.1) is 5.41 Å². The first-order valence-corrected chi connectivity index (χ1v) is 9.79. The minimum absolute atomic E-state index is 0.324. The molecule has 0 atom stereocenters. The molecule has 4 nitrogen and oxygen atoms in total. The van der Waals surface area contributed by atoms with Crippen molar-refractivity contribution < 1.29 is 19.7 Å². The SMILES string of the molecule is CC(C)(C)CCCCCC(=O)O.CCCCCOOCCCCC. The highest BCUT2D eigenvalue weighted by Gasteiger charge is 2.08. The third-order valence-electron chi connectivity index (χ3n) is 3.56. The van der Waals surface area contributed by atoms with Crippen LogP contribution in [0.25, 0.3) is 0 Å². The van der Waals surface area contributed by atoms with E-state index in [2.05, 4.69) is 34.6 Å². The van der Waals surface area contributed by atoms with E-state index in [4.69, 9.17) is 14.9 Å². The fraction of sp³-hybridized carbons (Fsp3) is 0.950. The molecule has 4 heteroatoms. The third-order valence-corrected chi connectivity index (χ3v) is 3.56. The van der Waals surface area contributed by atoms with E-state index in [1.807, 2.05) is 0 Å². The van der Waals surface area contributed by atoms with E-state index in [9.17, 15) is 4.79 Å². The molecule has 0 aliphatic heterocycles. The first kappa shape index (κ1) is 25.6. The number of unbranched alkanes of at least 4 members (excludes halogenated alkanes) is 6. The lowest BCUT2D eigenvalue weighted by atomic mass is 9.89. The van der Waals surface area contributed by atoms with E-state index in [0.29, 0.717) is 11.8 Å². The Morgan fingerprint density at radius 3 is 1.67 bits per heavy atom. The maximum absolute atomic E-state index is 10.2. The Labute approximate surface area is 150 Å². The predicted octanol–water partition coefficient (Wildman–Crippen LogP) is 6.38. The van der Waals surface area contributed by atoms with Crippen LogP contribution in [-0.2, 0) is 14.6 Å². The molecule has 0 saturated heterocycles. The lowest BCUT2D eigenvalue weighted by molar-refractivity contribution is -0.295. The summed E-state index contributed by atoms with van der Waals surface area (Å²) in [6.45, 7) is 12.5. The second-order valence-electron chi connectivity index (χ2n) is 7.57. The zero-order valence-corrected chi connectivity index (χ0v) is 16.9. The van der Waals surface area contributed by atoms with Gasteiger partial charge in [-0.3, -0.25) is 4.79 Å². The normalized spacial score (nSPS) is 11.0. The molecule has 0 spiro atoms. The summed E-state index contributed by atoms with van der Waals surface area (Å²) in [6, 6.07) is 0. The van der Waals surface area contributed by atoms with Gasteiger partial charge in [0.05, 0.1) is 13.2 Å². The Kier molecular flexibility index (Phi) is 20.0. The highest BCUT2D eigenvalue weighted by atomic mass is 17.2. The fourth-order valence-electron chi connectivity index (χ4n) is 2.05. The molecule has 0 unspecified atom stereocenters. The zero-order valence-electron chi connectivity index (χ0n) is 16.9. The van der Waals surface area contributed by atoms with Crippen LogP contribution in [0.1, 0.15) is 105 Å². The molecule has 0 aromatic rings. The van der Waals surface area contributed by atoms with Gasteiger partial charge in [-0.05, 0) is 31.1 Å². The highest BCUT2D eigenvalue weighted by Crippen LogP contribution is 2.22. The summed E-state index contributed by atoms with van der Waals surface area (Å²) in [7, 11) is 0. The van der Waals surface area contributed by atoms with Crippen molar-refractivity contribution in [1.82, 2.24) is 0 Å². The number of aliphatic carboxylic acids is 1. The molecule has 146 valence electrons. The van der Waals surface area contributed by atoms with Gasteiger partial charge in [0, 0.05) is 6.42 Å². The molecule has 0 fully saturated rings. The van der Waals surface area contributed by atoms with Crippen LogP contribution >= 0.6 is 0 Å². The van der Waals surface area contributed by atoms with Crippen LogP contribution in [0.4, 0.5) is 0 Å². The Morgan fingerprint density at radius 1 is 0.792 bits per heavy atom. The standard InChI is InChI=1S/C10H20O2.C10H22O2/c1-10(2,3)8-6-4-5-7-9(11)12;1-3-5-7-9-11-12-10-8-6-4-2/h4-8H2,1-3H3,(H,11,12);3-10H2,1-2H3. The highest BCUT2D eigenvalue weighted by molar-refractivity contribution is 5.66. The summed E-state index contributed by atoms with van der Waals surface area (Å²) < 4.78 is 0. The number of carbonyl (C=O) groups is 1. The first-order valence-electron chi connectivity index (χ1n) is 9.79. The van der Waals surface area contributed by atoms with Gasteiger partial charge in [0.2, 0.25) is 0 Å². The lowest BCUT2D eigenvalue weighted by Crippen LogP contribution is -2.04. The fourth-order valence-corrected chi connectivity index (χ4v) is 2.05. The van der Waals surface area contributed by atoms with Gasteiger partial charge in [-0.2, -0.15) is 0 Å². The molecular weight excluding hydrogens is 304 g/mol. The summed E-state index contributed by atoms with van der Waals surface area (Å²) in [6.07, 6.45) is 11.7. The maximum atomic E-state index is 10.2. The van der Waals surface area contributed by atoms with Crippen LogP contribution in [0.3, 0.4) is 0 Å². The minimum Gasteiger partial charge on any atom is -0.481 e. The molecular formula is C20H42O4. The lowest BCUT2D eigenvalue weighted by Gasteiger charge is -2.17. The van der Waals surface area contributed by atoms with Crippen molar-refractivity contribution in [3.8, 4) is 0 Å². The van der Waals surface area contributed by atoms with Gasteiger partial charge in [0.25, 0.3) is 0 Å². The zero-order chi connectivity index (χ0) is 18.7. The van der Waals surface area contributed by atoms with E-state index in [1.54, 1.807) is 0 Å².